The Hall–Kier alpha value is -2.17. The standard InChI is InChI=1S/C19H16Cl2N4/c1-2-12-6-5-9-15-18(12)19(13-7-3-4-8-14(13)21)22-11-17-24-23-16(10-20)25(15)17/h3-9H,2,10-11H2,1H3. The number of aliphatic imine (C=N–C) groups is 1. The fraction of sp³-hybridized carbons (Fsp3) is 0.211. The van der Waals surface area contributed by atoms with E-state index < -0.39 is 0 Å². The molecule has 0 unspecified atom stereocenters. The van der Waals surface area contributed by atoms with E-state index in [0.29, 0.717) is 17.4 Å². The highest BCUT2D eigenvalue weighted by Crippen LogP contribution is 2.31. The number of hydrogen-bond acceptors (Lipinski definition) is 3. The summed E-state index contributed by atoms with van der Waals surface area (Å²) in [6.07, 6.45) is 0.889. The van der Waals surface area contributed by atoms with E-state index in [2.05, 4.69) is 35.3 Å². The second kappa shape index (κ2) is 6.62. The number of halogens is 2. The van der Waals surface area contributed by atoms with Crippen LogP contribution in [-0.4, -0.2) is 20.5 Å². The smallest absolute Gasteiger partial charge is 0.159 e. The van der Waals surface area contributed by atoms with Crippen LogP contribution in [0.15, 0.2) is 47.5 Å². The molecular formula is C19H16Cl2N4. The molecule has 6 heteroatoms. The van der Waals surface area contributed by atoms with Crippen LogP contribution in [0, 0.1) is 0 Å². The van der Waals surface area contributed by atoms with Crippen molar-refractivity contribution in [3.8, 4) is 5.69 Å². The lowest BCUT2D eigenvalue weighted by molar-refractivity contribution is 0.858. The van der Waals surface area contributed by atoms with Crippen LogP contribution in [0.3, 0.4) is 0 Å². The molecule has 1 aliphatic rings. The number of nitrogens with zero attached hydrogens (tertiary/aromatic N) is 4. The molecule has 0 fully saturated rings. The molecule has 0 N–H and O–H groups in total. The minimum absolute atomic E-state index is 0.296. The minimum atomic E-state index is 0.296. The second-order valence-corrected chi connectivity index (χ2v) is 6.49. The third-order valence-corrected chi connectivity index (χ3v) is 4.98. The van der Waals surface area contributed by atoms with Gasteiger partial charge in [0.2, 0.25) is 0 Å². The second-order valence-electron chi connectivity index (χ2n) is 5.81. The molecule has 0 radical (unpaired) electrons. The minimum Gasteiger partial charge on any atom is -0.280 e. The van der Waals surface area contributed by atoms with Crippen LogP contribution in [0.25, 0.3) is 5.69 Å². The first-order valence-corrected chi connectivity index (χ1v) is 9.07. The van der Waals surface area contributed by atoms with Gasteiger partial charge in [0.15, 0.2) is 11.6 Å². The number of benzene rings is 2. The van der Waals surface area contributed by atoms with Gasteiger partial charge in [-0.05, 0) is 24.1 Å². The summed E-state index contributed by atoms with van der Waals surface area (Å²) < 4.78 is 2.02. The van der Waals surface area contributed by atoms with E-state index in [9.17, 15) is 0 Å². The number of hydrogen-bond donors (Lipinski definition) is 0. The Morgan fingerprint density at radius 1 is 1.08 bits per heavy atom. The van der Waals surface area contributed by atoms with Crippen LogP contribution in [0.2, 0.25) is 5.02 Å². The van der Waals surface area contributed by atoms with Crippen LogP contribution in [-0.2, 0) is 18.8 Å². The Bertz CT molecular complexity index is 975. The molecule has 4 rings (SSSR count). The number of alkyl halides is 1. The fourth-order valence-electron chi connectivity index (χ4n) is 3.26. The molecule has 1 aliphatic heterocycles. The molecule has 126 valence electrons. The SMILES string of the molecule is CCc1cccc2c1C(c1ccccc1Cl)=NCc1nnc(CCl)n1-2. The van der Waals surface area contributed by atoms with Gasteiger partial charge in [-0.2, -0.15) is 0 Å². The first-order valence-electron chi connectivity index (χ1n) is 8.15. The molecule has 2 heterocycles. The third kappa shape index (κ3) is 2.66. The Morgan fingerprint density at radius 3 is 2.68 bits per heavy atom. The summed E-state index contributed by atoms with van der Waals surface area (Å²) in [7, 11) is 0. The first kappa shape index (κ1) is 16.3. The number of rotatable bonds is 3. The van der Waals surface area contributed by atoms with Gasteiger partial charge in [-0.25, -0.2) is 0 Å². The predicted molar refractivity (Wildman–Crippen MR) is 101 cm³/mol. The Morgan fingerprint density at radius 2 is 1.92 bits per heavy atom. The van der Waals surface area contributed by atoms with Crippen LogP contribution >= 0.6 is 23.2 Å². The van der Waals surface area contributed by atoms with Crippen LogP contribution in [0.1, 0.15) is 35.3 Å². The molecule has 0 saturated carbocycles. The summed E-state index contributed by atoms with van der Waals surface area (Å²) in [4.78, 5) is 4.86. The van der Waals surface area contributed by atoms with Crippen molar-refractivity contribution in [1.29, 1.82) is 0 Å². The van der Waals surface area contributed by atoms with E-state index in [1.807, 2.05) is 28.8 Å². The molecule has 4 nitrogen and oxygen atoms in total. The topological polar surface area (TPSA) is 43.1 Å². The van der Waals surface area contributed by atoms with Crippen molar-refractivity contribution in [2.75, 3.05) is 0 Å². The molecule has 0 spiro atoms. The van der Waals surface area contributed by atoms with Crippen molar-refractivity contribution in [2.45, 2.75) is 25.8 Å². The first-order chi connectivity index (χ1) is 12.2. The van der Waals surface area contributed by atoms with Crippen LogP contribution in [0.4, 0.5) is 0 Å². The number of fused-ring (bicyclic) bond motifs is 3. The summed E-state index contributed by atoms with van der Waals surface area (Å²) in [5.74, 6) is 1.80. The number of aryl methyl sites for hydroxylation is 1. The molecule has 1 aromatic heterocycles. The van der Waals surface area contributed by atoms with Crippen molar-refractivity contribution in [1.82, 2.24) is 14.8 Å². The van der Waals surface area contributed by atoms with Gasteiger partial charge < -0.3 is 0 Å². The lowest BCUT2D eigenvalue weighted by Gasteiger charge is -2.17. The Balaban J connectivity index is 2.05. The van der Waals surface area contributed by atoms with Gasteiger partial charge in [0.05, 0.1) is 17.3 Å². The van der Waals surface area contributed by atoms with Gasteiger partial charge in [-0.15, -0.1) is 21.8 Å². The molecule has 0 saturated heterocycles. The summed E-state index contributed by atoms with van der Waals surface area (Å²) >= 11 is 12.6. The molecule has 0 amide bonds. The van der Waals surface area contributed by atoms with E-state index in [1.165, 1.54) is 5.56 Å². The highest BCUT2D eigenvalue weighted by Gasteiger charge is 2.25. The van der Waals surface area contributed by atoms with E-state index in [4.69, 9.17) is 28.2 Å². The fourth-order valence-corrected chi connectivity index (χ4v) is 3.66. The molecule has 0 bridgehead atoms. The molecular weight excluding hydrogens is 355 g/mol. The van der Waals surface area contributed by atoms with E-state index in [1.54, 1.807) is 0 Å². The van der Waals surface area contributed by atoms with E-state index in [0.717, 1.165) is 40.6 Å². The average molecular weight is 371 g/mol. The zero-order valence-corrected chi connectivity index (χ0v) is 15.2. The highest BCUT2D eigenvalue weighted by atomic mass is 35.5. The third-order valence-electron chi connectivity index (χ3n) is 4.41. The quantitative estimate of drug-likeness (QED) is 0.633. The van der Waals surface area contributed by atoms with Crippen molar-refractivity contribution >= 4 is 28.9 Å². The monoisotopic (exact) mass is 370 g/mol. The van der Waals surface area contributed by atoms with E-state index in [-0.39, 0.29) is 0 Å². The van der Waals surface area contributed by atoms with Crippen molar-refractivity contribution in [3.63, 3.8) is 0 Å². The largest absolute Gasteiger partial charge is 0.280 e. The maximum atomic E-state index is 6.48. The van der Waals surface area contributed by atoms with Gasteiger partial charge in [0.1, 0.15) is 6.54 Å². The predicted octanol–water partition coefficient (Wildman–Crippen LogP) is 4.57. The zero-order valence-electron chi connectivity index (χ0n) is 13.7. The molecule has 3 aromatic rings. The maximum absolute atomic E-state index is 6.48. The van der Waals surface area contributed by atoms with Gasteiger partial charge in [-0.3, -0.25) is 9.56 Å². The number of aromatic nitrogens is 3. The summed E-state index contributed by atoms with van der Waals surface area (Å²) in [6.45, 7) is 2.57. The van der Waals surface area contributed by atoms with Crippen LogP contribution in [0.5, 0.6) is 0 Å². The Labute approximate surface area is 156 Å². The van der Waals surface area contributed by atoms with Crippen molar-refractivity contribution in [2.24, 2.45) is 4.99 Å². The van der Waals surface area contributed by atoms with Gasteiger partial charge in [0.25, 0.3) is 0 Å². The Kier molecular flexibility index (Phi) is 4.32. The summed E-state index contributed by atoms with van der Waals surface area (Å²) in [6, 6.07) is 14.0. The van der Waals surface area contributed by atoms with Crippen LogP contribution < -0.4 is 0 Å². The van der Waals surface area contributed by atoms with Gasteiger partial charge in [0, 0.05) is 16.1 Å². The lowest BCUT2D eigenvalue weighted by Crippen LogP contribution is -2.12. The molecule has 2 aromatic carbocycles. The zero-order chi connectivity index (χ0) is 17.4. The van der Waals surface area contributed by atoms with Gasteiger partial charge >= 0.3 is 0 Å². The van der Waals surface area contributed by atoms with E-state index >= 15 is 0 Å². The molecule has 25 heavy (non-hydrogen) atoms. The molecule has 0 atom stereocenters. The summed E-state index contributed by atoms with van der Waals surface area (Å²) in [5.41, 5.74) is 5.11. The average Bonchev–Trinajstić information content (AvgIpc) is 2.98. The normalized spacial score (nSPS) is 13.0. The lowest BCUT2D eigenvalue weighted by atomic mass is 9.94. The highest BCUT2D eigenvalue weighted by molar-refractivity contribution is 6.35. The van der Waals surface area contributed by atoms with Gasteiger partial charge in [-0.1, -0.05) is 48.9 Å². The molecule has 0 aliphatic carbocycles. The maximum Gasteiger partial charge on any atom is 0.159 e. The summed E-state index contributed by atoms with van der Waals surface area (Å²) in [5, 5.41) is 9.18. The van der Waals surface area contributed by atoms with Crippen molar-refractivity contribution in [3.05, 3.63) is 75.8 Å². The van der Waals surface area contributed by atoms with Crippen molar-refractivity contribution < 1.29 is 0 Å².